The number of urea groups is 1. The smallest absolute Gasteiger partial charge is 0.322 e. The molecular weight excluding hydrogens is 264 g/mol. The second-order valence-electron chi connectivity index (χ2n) is 5.09. The molecule has 0 aromatic carbocycles. The van der Waals surface area contributed by atoms with E-state index in [0.717, 1.165) is 0 Å². The fourth-order valence-corrected chi connectivity index (χ4v) is 2.70. The van der Waals surface area contributed by atoms with E-state index in [0.29, 0.717) is 25.1 Å². The van der Waals surface area contributed by atoms with Crippen LogP contribution in [-0.2, 0) is 4.79 Å². The number of amides is 4. The zero-order chi connectivity index (χ0) is 14.3. The van der Waals surface area contributed by atoms with Crippen molar-refractivity contribution in [1.29, 1.82) is 0 Å². The predicted octanol–water partition coefficient (Wildman–Crippen LogP) is -0.203. The normalized spacial score (nSPS) is 25.8. The van der Waals surface area contributed by atoms with Gasteiger partial charge in [-0.2, -0.15) is 0 Å². The molecule has 3 heterocycles. The van der Waals surface area contributed by atoms with Gasteiger partial charge in [-0.15, -0.1) is 0 Å². The predicted molar refractivity (Wildman–Crippen MR) is 65.8 cm³/mol. The molecule has 0 bridgehead atoms. The van der Waals surface area contributed by atoms with Gasteiger partial charge in [0.2, 0.25) is 5.76 Å². The van der Waals surface area contributed by atoms with Gasteiger partial charge in [0.25, 0.3) is 11.8 Å². The second kappa shape index (κ2) is 4.32. The number of aryl methyl sites for hydroxylation is 1. The number of nitrogens with one attached hydrogen (secondary N) is 2. The molecule has 8 nitrogen and oxygen atoms in total. The molecule has 4 amide bonds. The first-order valence-corrected chi connectivity index (χ1v) is 6.35. The lowest BCUT2D eigenvalue weighted by Crippen LogP contribution is -2.59. The Kier molecular flexibility index (Phi) is 2.73. The quantitative estimate of drug-likeness (QED) is 0.692. The number of piperidine rings is 1. The summed E-state index contributed by atoms with van der Waals surface area (Å²) in [5, 5.41) is 4.84. The van der Waals surface area contributed by atoms with Gasteiger partial charge in [-0.25, -0.2) is 9.78 Å². The van der Waals surface area contributed by atoms with Crippen molar-refractivity contribution in [2.24, 2.45) is 0 Å². The number of likely N-dealkylation sites (tertiary alicyclic amines) is 1. The van der Waals surface area contributed by atoms with Crippen LogP contribution in [0.15, 0.2) is 10.8 Å². The van der Waals surface area contributed by atoms with Gasteiger partial charge in [0.1, 0.15) is 5.54 Å². The molecule has 2 aliphatic rings. The Bertz CT molecular complexity index is 596. The highest BCUT2D eigenvalue weighted by atomic mass is 16.3. The van der Waals surface area contributed by atoms with Gasteiger partial charge in [0.05, 0.1) is 12.2 Å². The average molecular weight is 278 g/mol. The molecule has 106 valence electrons. The average Bonchev–Trinajstić information content (AvgIpc) is 2.94. The summed E-state index contributed by atoms with van der Waals surface area (Å²) in [4.78, 5) is 41.0. The van der Waals surface area contributed by atoms with Crippen molar-refractivity contribution in [1.82, 2.24) is 20.5 Å². The van der Waals surface area contributed by atoms with Crippen LogP contribution in [0.2, 0.25) is 0 Å². The topological polar surface area (TPSA) is 105 Å². The first kappa shape index (κ1) is 12.6. The summed E-state index contributed by atoms with van der Waals surface area (Å²) >= 11 is 0. The zero-order valence-electron chi connectivity index (χ0n) is 10.9. The molecule has 8 heteroatoms. The molecule has 0 radical (unpaired) electrons. The van der Waals surface area contributed by atoms with Crippen LogP contribution in [0.1, 0.15) is 29.1 Å². The summed E-state index contributed by atoms with van der Waals surface area (Å²) < 4.78 is 5.09. The standard InChI is InChI=1S/C12H14N4O4/c1-7-8(20-6-13-7)9(17)16-4-2-3-12(5-16)10(18)14-11(19)15-12/h6H,2-5H2,1H3,(H2,14,15,18,19). The first-order valence-electron chi connectivity index (χ1n) is 6.35. The van der Waals surface area contributed by atoms with Gasteiger partial charge in [-0.3, -0.25) is 14.9 Å². The fraction of sp³-hybridized carbons (Fsp3) is 0.500. The molecule has 1 atom stereocenters. The Morgan fingerprint density at radius 1 is 1.50 bits per heavy atom. The lowest BCUT2D eigenvalue weighted by atomic mass is 9.89. The van der Waals surface area contributed by atoms with Crippen molar-refractivity contribution in [3.63, 3.8) is 0 Å². The third kappa shape index (κ3) is 1.84. The molecule has 1 unspecified atom stereocenters. The van der Waals surface area contributed by atoms with Crippen LogP contribution in [0.3, 0.4) is 0 Å². The summed E-state index contributed by atoms with van der Waals surface area (Å²) in [6.45, 7) is 2.34. The highest BCUT2D eigenvalue weighted by molar-refractivity contribution is 6.07. The maximum Gasteiger partial charge on any atom is 0.322 e. The van der Waals surface area contributed by atoms with Crippen LogP contribution in [-0.4, -0.2) is 46.4 Å². The van der Waals surface area contributed by atoms with Crippen LogP contribution in [0.5, 0.6) is 0 Å². The number of rotatable bonds is 1. The third-order valence-corrected chi connectivity index (χ3v) is 3.73. The molecule has 2 fully saturated rings. The van der Waals surface area contributed by atoms with Crippen molar-refractivity contribution < 1.29 is 18.8 Å². The minimum Gasteiger partial charge on any atom is -0.438 e. The summed E-state index contributed by atoms with van der Waals surface area (Å²) in [6, 6.07) is -0.514. The molecule has 1 aromatic heterocycles. The number of carbonyl (C=O) groups excluding carboxylic acids is 3. The van der Waals surface area contributed by atoms with Crippen LogP contribution in [0.25, 0.3) is 0 Å². The Morgan fingerprint density at radius 2 is 2.30 bits per heavy atom. The number of imide groups is 1. The van der Waals surface area contributed by atoms with E-state index >= 15 is 0 Å². The van der Waals surface area contributed by atoms with Crippen molar-refractivity contribution >= 4 is 17.8 Å². The number of hydrogen-bond acceptors (Lipinski definition) is 5. The van der Waals surface area contributed by atoms with Crippen LogP contribution in [0, 0.1) is 6.92 Å². The molecule has 2 saturated heterocycles. The van der Waals surface area contributed by atoms with Gasteiger partial charge in [0, 0.05) is 6.54 Å². The maximum absolute atomic E-state index is 12.4. The molecule has 2 N–H and O–H groups in total. The molecule has 2 aliphatic heterocycles. The highest BCUT2D eigenvalue weighted by Crippen LogP contribution is 2.25. The zero-order valence-corrected chi connectivity index (χ0v) is 10.9. The van der Waals surface area contributed by atoms with E-state index < -0.39 is 11.6 Å². The lowest BCUT2D eigenvalue weighted by molar-refractivity contribution is -0.125. The second-order valence-corrected chi connectivity index (χ2v) is 5.09. The first-order chi connectivity index (χ1) is 9.52. The van der Waals surface area contributed by atoms with E-state index in [1.807, 2.05) is 0 Å². The Labute approximate surface area is 114 Å². The van der Waals surface area contributed by atoms with Gasteiger partial charge in [0.15, 0.2) is 6.39 Å². The maximum atomic E-state index is 12.4. The highest BCUT2D eigenvalue weighted by Gasteiger charge is 2.49. The largest absolute Gasteiger partial charge is 0.438 e. The van der Waals surface area contributed by atoms with Gasteiger partial charge in [-0.05, 0) is 19.8 Å². The molecule has 20 heavy (non-hydrogen) atoms. The van der Waals surface area contributed by atoms with Crippen LogP contribution in [0.4, 0.5) is 4.79 Å². The Balaban J connectivity index is 1.82. The minimum atomic E-state index is -1.01. The van der Waals surface area contributed by atoms with Crippen molar-refractivity contribution in [2.45, 2.75) is 25.3 Å². The van der Waals surface area contributed by atoms with Crippen LogP contribution >= 0.6 is 0 Å². The van der Waals surface area contributed by atoms with E-state index in [2.05, 4.69) is 15.6 Å². The summed E-state index contributed by atoms with van der Waals surface area (Å²) in [5.41, 5.74) is -0.506. The monoisotopic (exact) mass is 278 g/mol. The molecule has 3 rings (SSSR count). The fourth-order valence-electron chi connectivity index (χ4n) is 2.70. The van der Waals surface area contributed by atoms with E-state index in [1.54, 1.807) is 6.92 Å². The number of aromatic nitrogens is 1. The molecule has 0 saturated carbocycles. The number of hydrogen-bond donors (Lipinski definition) is 2. The molecule has 1 aromatic rings. The lowest BCUT2D eigenvalue weighted by Gasteiger charge is -2.37. The van der Waals surface area contributed by atoms with Crippen molar-refractivity contribution in [2.75, 3.05) is 13.1 Å². The molecule has 0 aliphatic carbocycles. The van der Waals surface area contributed by atoms with E-state index in [-0.39, 0.29) is 24.1 Å². The van der Waals surface area contributed by atoms with E-state index in [9.17, 15) is 14.4 Å². The van der Waals surface area contributed by atoms with E-state index in [1.165, 1.54) is 11.3 Å². The Hall–Kier alpha value is -2.38. The summed E-state index contributed by atoms with van der Waals surface area (Å²) in [7, 11) is 0. The SMILES string of the molecule is Cc1ncoc1C(=O)N1CCCC2(C1)NC(=O)NC2=O. The number of nitrogens with zero attached hydrogens (tertiary/aromatic N) is 2. The number of carbonyl (C=O) groups is 3. The van der Waals surface area contributed by atoms with Gasteiger partial charge in [-0.1, -0.05) is 0 Å². The van der Waals surface area contributed by atoms with Crippen molar-refractivity contribution in [3.8, 4) is 0 Å². The molecular formula is C12H14N4O4. The number of oxazole rings is 1. The summed E-state index contributed by atoms with van der Waals surface area (Å²) in [5.74, 6) is -0.519. The minimum absolute atomic E-state index is 0.142. The Morgan fingerprint density at radius 3 is 2.90 bits per heavy atom. The third-order valence-electron chi connectivity index (χ3n) is 3.73. The van der Waals surface area contributed by atoms with Crippen molar-refractivity contribution in [3.05, 3.63) is 17.8 Å². The van der Waals surface area contributed by atoms with Crippen LogP contribution < -0.4 is 10.6 Å². The summed E-state index contributed by atoms with van der Waals surface area (Å²) in [6.07, 6.45) is 2.36. The van der Waals surface area contributed by atoms with E-state index in [4.69, 9.17) is 4.42 Å². The van der Waals surface area contributed by atoms with Gasteiger partial charge < -0.3 is 14.6 Å². The van der Waals surface area contributed by atoms with Gasteiger partial charge >= 0.3 is 6.03 Å². The molecule has 1 spiro atoms.